The van der Waals surface area contributed by atoms with Crippen LogP contribution in [0.2, 0.25) is 0 Å². The van der Waals surface area contributed by atoms with Crippen LogP contribution in [0.4, 0.5) is 4.79 Å². The lowest BCUT2D eigenvalue weighted by molar-refractivity contribution is 0.0543. The minimum absolute atomic E-state index is 0.288. The number of carbonyl (C=O) groups is 2. The summed E-state index contributed by atoms with van der Waals surface area (Å²) in [4.78, 5) is 29.7. The van der Waals surface area contributed by atoms with Gasteiger partial charge >= 0.3 is 12.1 Å². The van der Waals surface area contributed by atoms with Gasteiger partial charge in [-0.05, 0) is 51.5 Å². The fraction of sp³-hybridized carbons (Fsp3) is 0.286. The van der Waals surface area contributed by atoms with Crippen molar-refractivity contribution in [1.82, 2.24) is 9.55 Å². The van der Waals surface area contributed by atoms with Crippen molar-refractivity contribution in [3.05, 3.63) is 53.7 Å². The summed E-state index contributed by atoms with van der Waals surface area (Å²) in [6.45, 7) is 7.32. The number of hydrogen-bond donors (Lipinski definition) is 0. The number of methoxy groups -OCH3 is 1. The number of aryl methyl sites for hydroxylation is 1. The number of nitrogens with zero attached hydrogens (tertiary/aromatic N) is 2. The monoisotopic (exact) mass is 366 g/mol. The molecule has 0 saturated carbocycles. The first-order valence-corrected chi connectivity index (χ1v) is 8.61. The van der Waals surface area contributed by atoms with Gasteiger partial charge in [0.1, 0.15) is 11.3 Å². The molecule has 6 heteroatoms. The molecule has 1 aromatic carbocycles. The van der Waals surface area contributed by atoms with Gasteiger partial charge in [0.25, 0.3) is 0 Å². The van der Waals surface area contributed by atoms with E-state index in [0.29, 0.717) is 16.9 Å². The summed E-state index contributed by atoms with van der Waals surface area (Å²) in [6.07, 6.45) is 1.06. The van der Waals surface area contributed by atoms with Gasteiger partial charge in [-0.25, -0.2) is 14.2 Å². The fourth-order valence-corrected chi connectivity index (χ4v) is 3.05. The van der Waals surface area contributed by atoms with E-state index in [1.165, 1.54) is 11.7 Å². The van der Waals surface area contributed by atoms with Gasteiger partial charge in [0.05, 0.1) is 23.9 Å². The fourth-order valence-electron chi connectivity index (χ4n) is 3.05. The van der Waals surface area contributed by atoms with Crippen LogP contribution in [0.25, 0.3) is 22.3 Å². The number of benzene rings is 1. The molecule has 0 unspecified atom stereocenters. The summed E-state index contributed by atoms with van der Waals surface area (Å²) in [6, 6.07) is 10.8. The number of para-hydroxylation sites is 1. The number of esters is 1. The van der Waals surface area contributed by atoms with Crippen LogP contribution in [0.5, 0.6) is 0 Å². The van der Waals surface area contributed by atoms with Crippen LogP contribution >= 0.6 is 0 Å². The molecule has 27 heavy (non-hydrogen) atoms. The molecule has 2 heterocycles. The van der Waals surface area contributed by atoms with E-state index < -0.39 is 17.7 Å². The van der Waals surface area contributed by atoms with E-state index in [1.54, 1.807) is 18.3 Å². The predicted molar refractivity (Wildman–Crippen MR) is 103 cm³/mol. The van der Waals surface area contributed by atoms with Crippen molar-refractivity contribution in [1.29, 1.82) is 0 Å². The Kier molecular flexibility index (Phi) is 4.74. The summed E-state index contributed by atoms with van der Waals surface area (Å²) >= 11 is 0. The maximum absolute atomic E-state index is 13.0. The zero-order valence-electron chi connectivity index (χ0n) is 16.1. The van der Waals surface area contributed by atoms with E-state index in [0.717, 1.165) is 10.9 Å². The average molecular weight is 366 g/mol. The normalized spacial score (nSPS) is 11.4. The van der Waals surface area contributed by atoms with Crippen molar-refractivity contribution in [2.45, 2.75) is 33.3 Å². The SMILES string of the molecule is COC(=O)c1cccnc1-c1c(C)c2ccccc2n1C(=O)OC(C)(C)C. The van der Waals surface area contributed by atoms with Gasteiger partial charge in [0.15, 0.2) is 0 Å². The number of ether oxygens (including phenoxy) is 2. The van der Waals surface area contributed by atoms with E-state index in [1.807, 2.05) is 52.0 Å². The molecule has 6 nitrogen and oxygen atoms in total. The van der Waals surface area contributed by atoms with Gasteiger partial charge in [-0.1, -0.05) is 18.2 Å². The zero-order chi connectivity index (χ0) is 19.8. The third-order valence-corrected chi connectivity index (χ3v) is 4.14. The minimum Gasteiger partial charge on any atom is -0.465 e. The summed E-state index contributed by atoms with van der Waals surface area (Å²) in [5, 5.41) is 0.889. The molecule has 0 radical (unpaired) electrons. The molecular formula is C21H22N2O4. The van der Waals surface area contributed by atoms with Gasteiger partial charge in [-0.3, -0.25) is 4.98 Å². The Bertz CT molecular complexity index is 1030. The first kappa shape index (κ1) is 18.6. The van der Waals surface area contributed by atoms with Crippen molar-refractivity contribution in [3.8, 4) is 11.4 Å². The number of carbonyl (C=O) groups excluding carboxylic acids is 2. The molecule has 0 aliphatic carbocycles. The van der Waals surface area contributed by atoms with Gasteiger partial charge in [-0.2, -0.15) is 0 Å². The number of hydrogen-bond acceptors (Lipinski definition) is 5. The predicted octanol–water partition coefficient (Wildman–Crippen LogP) is 4.58. The first-order chi connectivity index (χ1) is 12.7. The van der Waals surface area contributed by atoms with E-state index >= 15 is 0 Å². The molecule has 0 aliphatic rings. The van der Waals surface area contributed by atoms with Crippen molar-refractivity contribution < 1.29 is 19.1 Å². The average Bonchev–Trinajstić information content (AvgIpc) is 2.92. The molecule has 0 saturated heterocycles. The summed E-state index contributed by atoms with van der Waals surface area (Å²) in [5.41, 5.74) is 2.05. The number of aromatic nitrogens is 2. The standard InChI is InChI=1S/C21H22N2O4/c1-13-14-9-6-7-11-16(14)23(20(25)27-21(2,3)4)18(13)17-15(19(24)26-5)10-8-12-22-17/h6-12H,1-5H3. The second-order valence-corrected chi connectivity index (χ2v) is 7.20. The molecule has 2 aromatic heterocycles. The molecule has 140 valence electrons. The number of fused-ring (bicyclic) bond motifs is 1. The van der Waals surface area contributed by atoms with Crippen LogP contribution in [-0.4, -0.2) is 34.3 Å². The third kappa shape index (κ3) is 3.43. The molecule has 0 fully saturated rings. The Hall–Kier alpha value is -3.15. The van der Waals surface area contributed by atoms with Crippen molar-refractivity contribution in [2.24, 2.45) is 0 Å². The van der Waals surface area contributed by atoms with E-state index in [4.69, 9.17) is 9.47 Å². The quantitative estimate of drug-likeness (QED) is 0.621. The van der Waals surface area contributed by atoms with Crippen molar-refractivity contribution in [2.75, 3.05) is 7.11 Å². The molecule has 0 atom stereocenters. The highest BCUT2D eigenvalue weighted by atomic mass is 16.6. The van der Waals surface area contributed by atoms with Crippen LogP contribution < -0.4 is 0 Å². The maximum atomic E-state index is 13.0. The zero-order valence-corrected chi connectivity index (χ0v) is 16.1. The third-order valence-electron chi connectivity index (χ3n) is 4.14. The van der Waals surface area contributed by atoms with E-state index in [-0.39, 0.29) is 5.56 Å². The topological polar surface area (TPSA) is 70.4 Å². The highest BCUT2D eigenvalue weighted by Crippen LogP contribution is 2.34. The van der Waals surface area contributed by atoms with Gasteiger partial charge in [0, 0.05) is 11.6 Å². The molecule has 3 rings (SSSR count). The molecule has 0 N–H and O–H groups in total. The lowest BCUT2D eigenvalue weighted by Gasteiger charge is -2.21. The van der Waals surface area contributed by atoms with Gasteiger partial charge in [0.2, 0.25) is 0 Å². The van der Waals surface area contributed by atoms with Crippen LogP contribution in [0.1, 0.15) is 36.7 Å². The van der Waals surface area contributed by atoms with Crippen LogP contribution in [-0.2, 0) is 9.47 Å². The van der Waals surface area contributed by atoms with Crippen LogP contribution in [0.15, 0.2) is 42.6 Å². The maximum Gasteiger partial charge on any atom is 0.419 e. The lowest BCUT2D eigenvalue weighted by Crippen LogP contribution is -2.27. The van der Waals surface area contributed by atoms with Crippen molar-refractivity contribution in [3.63, 3.8) is 0 Å². The second-order valence-electron chi connectivity index (χ2n) is 7.20. The van der Waals surface area contributed by atoms with E-state index in [2.05, 4.69) is 4.98 Å². The molecule has 3 aromatic rings. The van der Waals surface area contributed by atoms with Crippen LogP contribution in [0, 0.1) is 6.92 Å². The van der Waals surface area contributed by atoms with Gasteiger partial charge < -0.3 is 9.47 Å². The largest absolute Gasteiger partial charge is 0.465 e. The van der Waals surface area contributed by atoms with Crippen LogP contribution in [0.3, 0.4) is 0 Å². The van der Waals surface area contributed by atoms with Gasteiger partial charge in [-0.15, -0.1) is 0 Å². The summed E-state index contributed by atoms with van der Waals surface area (Å²) in [7, 11) is 1.31. The lowest BCUT2D eigenvalue weighted by atomic mass is 10.1. The molecule has 0 amide bonds. The first-order valence-electron chi connectivity index (χ1n) is 8.61. The molecule has 0 aliphatic heterocycles. The Balaban J connectivity index is 2.34. The number of rotatable bonds is 2. The smallest absolute Gasteiger partial charge is 0.419 e. The highest BCUT2D eigenvalue weighted by Gasteiger charge is 2.28. The summed E-state index contributed by atoms with van der Waals surface area (Å²) < 4.78 is 12.0. The molecular weight excluding hydrogens is 344 g/mol. The Morgan fingerprint density at radius 1 is 1.07 bits per heavy atom. The minimum atomic E-state index is -0.664. The Labute approximate surface area is 157 Å². The van der Waals surface area contributed by atoms with Crippen molar-refractivity contribution >= 4 is 23.0 Å². The molecule has 0 spiro atoms. The summed E-state index contributed by atoms with van der Waals surface area (Å²) in [5.74, 6) is -0.515. The highest BCUT2D eigenvalue weighted by molar-refractivity contribution is 6.03. The second kappa shape index (κ2) is 6.87. The Morgan fingerprint density at radius 2 is 1.78 bits per heavy atom. The molecule has 0 bridgehead atoms. The number of pyridine rings is 1. The Morgan fingerprint density at radius 3 is 2.44 bits per heavy atom. The van der Waals surface area contributed by atoms with E-state index in [9.17, 15) is 9.59 Å².